The fourth-order valence-corrected chi connectivity index (χ4v) is 3.52. The van der Waals surface area contributed by atoms with Gasteiger partial charge < -0.3 is 15.2 Å². The van der Waals surface area contributed by atoms with E-state index >= 15 is 0 Å². The molecule has 1 aliphatic heterocycles. The first-order chi connectivity index (χ1) is 13.1. The Hall–Kier alpha value is -2.75. The zero-order valence-electron chi connectivity index (χ0n) is 14.7. The third-order valence-electron chi connectivity index (χ3n) is 4.71. The van der Waals surface area contributed by atoms with Crippen LogP contribution >= 0.6 is 15.9 Å². The van der Waals surface area contributed by atoms with Crippen LogP contribution in [0.4, 0.5) is 5.82 Å². The van der Waals surface area contributed by atoms with Crippen molar-refractivity contribution < 1.29 is 4.79 Å². The summed E-state index contributed by atoms with van der Waals surface area (Å²) in [6.07, 6.45) is 3.48. The molecule has 4 heterocycles. The summed E-state index contributed by atoms with van der Waals surface area (Å²) in [5.41, 5.74) is 2.42. The van der Waals surface area contributed by atoms with Crippen LogP contribution in [0.3, 0.4) is 0 Å². The SMILES string of the molecule is Cc1[nH]c(C(=O)NC2CCN(c3cc(-c4nnn[nH]4)ccn3)CC2)cc1Br. The third-order valence-corrected chi connectivity index (χ3v) is 5.54. The van der Waals surface area contributed by atoms with Crippen molar-refractivity contribution in [3.05, 3.63) is 40.3 Å². The molecule has 3 aromatic heterocycles. The minimum Gasteiger partial charge on any atom is -0.356 e. The van der Waals surface area contributed by atoms with E-state index in [1.54, 1.807) is 6.20 Å². The lowest BCUT2D eigenvalue weighted by Gasteiger charge is -2.33. The Bertz CT molecular complexity index is 911. The minimum atomic E-state index is -0.0693. The Labute approximate surface area is 164 Å². The van der Waals surface area contributed by atoms with Crippen LogP contribution in [0.1, 0.15) is 29.0 Å². The molecule has 10 heteroatoms. The molecule has 3 aromatic rings. The number of piperidine rings is 1. The highest BCUT2D eigenvalue weighted by molar-refractivity contribution is 9.10. The Morgan fingerprint density at radius 1 is 1.33 bits per heavy atom. The van der Waals surface area contributed by atoms with Gasteiger partial charge >= 0.3 is 0 Å². The van der Waals surface area contributed by atoms with Gasteiger partial charge in [-0.3, -0.25) is 4.79 Å². The van der Waals surface area contributed by atoms with Gasteiger partial charge in [-0.05, 0) is 64.3 Å². The van der Waals surface area contributed by atoms with Crippen molar-refractivity contribution in [2.75, 3.05) is 18.0 Å². The highest BCUT2D eigenvalue weighted by Gasteiger charge is 2.23. The molecule has 1 saturated heterocycles. The quantitative estimate of drug-likeness (QED) is 0.583. The molecule has 4 rings (SSSR count). The smallest absolute Gasteiger partial charge is 0.267 e. The summed E-state index contributed by atoms with van der Waals surface area (Å²) in [4.78, 5) is 22.2. The monoisotopic (exact) mass is 430 g/mol. The van der Waals surface area contributed by atoms with Crippen LogP contribution in [-0.2, 0) is 0 Å². The lowest BCUT2D eigenvalue weighted by molar-refractivity contribution is 0.0926. The number of anilines is 1. The first-order valence-electron chi connectivity index (χ1n) is 8.71. The zero-order chi connectivity index (χ0) is 18.8. The van der Waals surface area contributed by atoms with Crippen LogP contribution in [0.25, 0.3) is 11.4 Å². The summed E-state index contributed by atoms with van der Waals surface area (Å²) in [6, 6.07) is 5.81. The molecule has 1 fully saturated rings. The number of aryl methyl sites for hydroxylation is 1. The van der Waals surface area contributed by atoms with Gasteiger partial charge in [-0.15, -0.1) is 5.10 Å². The van der Waals surface area contributed by atoms with E-state index in [9.17, 15) is 4.79 Å². The Balaban J connectivity index is 1.36. The fraction of sp³-hybridized carbons (Fsp3) is 0.353. The number of aromatic nitrogens is 6. The average molecular weight is 431 g/mol. The van der Waals surface area contributed by atoms with E-state index in [0.29, 0.717) is 11.5 Å². The number of halogens is 1. The minimum absolute atomic E-state index is 0.0693. The molecule has 1 amide bonds. The van der Waals surface area contributed by atoms with Crippen molar-refractivity contribution in [1.29, 1.82) is 0 Å². The van der Waals surface area contributed by atoms with Crippen LogP contribution in [0, 0.1) is 6.92 Å². The average Bonchev–Trinajstić information content (AvgIpc) is 3.33. The predicted molar refractivity (Wildman–Crippen MR) is 103 cm³/mol. The van der Waals surface area contributed by atoms with Gasteiger partial charge in [-0.25, -0.2) is 10.1 Å². The maximum Gasteiger partial charge on any atom is 0.267 e. The van der Waals surface area contributed by atoms with Gasteiger partial charge in [0, 0.05) is 41.1 Å². The van der Waals surface area contributed by atoms with Gasteiger partial charge in [-0.1, -0.05) is 0 Å². The first-order valence-corrected chi connectivity index (χ1v) is 9.50. The molecule has 0 atom stereocenters. The molecule has 27 heavy (non-hydrogen) atoms. The van der Waals surface area contributed by atoms with E-state index in [2.05, 4.69) is 56.7 Å². The zero-order valence-corrected chi connectivity index (χ0v) is 16.3. The molecule has 0 radical (unpaired) electrons. The lowest BCUT2D eigenvalue weighted by atomic mass is 10.0. The van der Waals surface area contributed by atoms with Gasteiger partial charge in [0.2, 0.25) is 0 Å². The molecule has 9 nitrogen and oxygen atoms in total. The third kappa shape index (κ3) is 3.85. The van der Waals surface area contributed by atoms with Crippen molar-refractivity contribution in [3.8, 4) is 11.4 Å². The predicted octanol–water partition coefficient (Wildman–Crippen LogP) is 2.06. The van der Waals surface area contributed by atoms with E-state index in [1.165, 1.54) is 0 Å². The van der Waals surface area contributed by atoms with Crippen LogP contribution in [0.15, 0.2) is 28.9 Å². The molecular formula is C17H19BrN8O. The Morgan fingerprint density at radius 3 is 2.81 bits per heavy atom. The number of tetrazole rings is 1. The molecule has 140 valence electrons. The summed E-state index contributed by atoms with van der Waals surface area (Å²) in [6.45, 7) is 3.57. The molecule has 3 N–H and O–H groups in total. The van der Waals surface area contributed by atoms with Gasteiger partial charge in [0.25, 0.3) is 5.91 Å². The number of hydrogen-bond acceptors (Lipinski definition) is 6. The Morgan fingerprint density at radius 2 is 2.15 bits per heavy atom. The first kappa shape index (κ1) is 17.7. The van der Waals surface area contributed by atoms with E-state index in [4.69, 9.17) is 0 Å². The maximum absolute atomic E-state index is 12.4. The molecule has 0 spiro atoms. The largest absolute Gasteiger partial charge is 0.356 e. The summed E-state index contributed by atoms with van der Waals surface area (Å²) in [5.74, 6) is 1.44. The number of rotatable bonds is 4. The van der Waals surface area contributed by atoms with Crippen molar-refractivity contribution in [2.45, 2.75) is 25.8 Å². The van der Waals surface area contributed by atoms with Crippen molar-refractivity contribution in [1.82, 2.24) is 35.9 Å². The number of pyridine rings is 1. The number of carbonyl (C=O) groups excluding carboxylic acids is 1. The van der Waals surface area contributed by atoms with Crippen LogP contribution in [-0.4, -0.2) is 55.6 Å². The number of carbonyl (C=O) groups is 1. The normalized spacial score (nSPS) is 15.1. The number of H-pyrrole nitrogens is 2. The van der Waals surface area contributed by atoms with Gasteiger partial charge in [0.1, 0.15) is 11.5 Å². The standard InChI is InChI=1S/C17H19BrN8O/c1-10-13(18)9-14(20-10)17(27)21-12-3-6-26(7-4-12)15-8-11(2-5-19-15)16-22-24-25-23-16/h2,5,8-9,12,20H,3-4,6-7H2,1H3,(H,21,27)(H,22,23,24,25). The summed E-state index contributed by atoms with van der Waals surface area (Å²) in [7, 11) is 0. The second-order valence-corrected chi connectivity index (χ2v) is 7.40. The molecule has 0 bridgehead atoms. The highest BCUT2D eigenvalue weighted by Crippen LogP contribution is 2.23. The lowest BCUT2D eigenvalue weighted by Crippen LogP contribution is -2.45. The number of amides is 1. The second-order valence-electron chi connectivity index (χ2n) is 6.54. The summed E-state index contributed by atoms with van der Waals surface area (Å²) < 4.78 is 0.912. The maximum atomic E-state index is 12.4. The molecular weight excluding hydrogens is 412 g/mol. The van der Waals surface area contributed by atoms with Crippen molar-refractivity contribution in [2.24, 2.45) is 0 Å². The van der Waals surface area contributed by atoms with E-state index in [1.807, 2.05) is 25.1 Å². The van der Waals surface area contributed by atoms with E-state index < -0.39 is 0 Å². The number of nitrogens with one attached hydrogen (secondary N) is 3. The number of nitrogens with zero attached hydrogens (tertiary/aromatic N) is 5. The highest BCUT2D eigenvalue weighted by atomic mass is 79.9. The van der Waals surface area contributed by atoms with Crippen LogP contribution in [0.2, 0.25) is 0 Å². The van der Waals surface area contributed by atoms with E-state index in [0.717, 1.165) is 47.5 Å². The molecule has 0 aromatic carbocycles. The number of aromatic amines is 2. The van der Waals surface area contributed by atoms with Gasteiger partial charge in [0.15, 0.2) is 5.82 Å². The van der Waals surface area contributed by atoms with Gasteiger partial charge in [0.05, 0.1) is 0 Å². The fourth-order valence-electron chi connectivity index (χ4n) is 3.19. The van der Waals surface area contributed by atoms with Crippen LogP contribution in [0.5, 0.6) is 0 Å². The molecule has 0 unspecified atom stereocenters. The topological polar surface area (TPSA) is 115 Å². The summed E-state index contributed by atoms with van der Waals surface area (Å²) >= 11 is 3.42. The van der Waals surface area contributed by atoms with Crippen molar-refractivity contribution in [3.63, 3.8) is 0 Å². The molecule has 1 aliphatic rings. The molecule has 0 saturated carbocycles. The molecule has 0 aliphatic carbocycles. The summed E-state index contributed by atoms with van der Waals surface area (Å²) in [5, 5.41) is 17.0. The number of hydrogen-bond donors (Lipinski definition) is 3. The van der Waals surface area contributed by atoms with Crippen LogP contribution < -0.4 is 10.2 Å². The van der Waals surface area contributed by atoms with E-state index in [-0.39, 0.29) is 11.9 Å². The second kappa shape index (κ2) is 7.47. The Kier molecular flexibility index (Phi) is 4.88. The van der Waals surface area contributed by atoms with Gasteiger partial charge in [-0.2, -0.15) is 0 Å². The van der Waals surface area contributed by atoms with Crippen molar-refractivity contribution >= 4 is 27.7 Å².